The van der Waals surface area contributed by atoms with E-state index < -0.39 is 0 Å². The zero-order valence-electron chi connectivity index (χ0n) is 16.6. The summed E-state index contributed by atoms with van der Waals surface area (Å²) in [6.07, 6.45) is 4.20. The molecule has 0 saturated carbocycles. The maximum atomic E-state index is 12.3. The number of H-pyrrole nitrogens is 1. The number of anilines is 1. The van der Waals surface area contributed by atoms with E-state index in [2.05, 4.69) is 53.3 Å². The molecule has 0 radical (unpaired) electrons. The van der Waals surface area contributed by atoms with Gasteiger partial charge < -0.3 is 15.2 Å². The van der Waals surface area contributed by atoms with Crippen LogP contribution in [0.1, 0.15) is 37.1 Å². The number of nitrogens with one attached hydrogen (secondary N) is 2. The van der Waals surface area contributed by atoms with Crippen molar-refractivity contribution in [3.05, 3.63) is 65.4 Å². The van der Waals surface area contributed by atoms with Crippen molar-refractivity contribution in [2.45, 2.75) is 26.7 Å². The topological polar surface area (TPSA) is 48.1 Å². The molecule has 4 nitrogen and oxygen atoms in total. The first-order chi connectivity index (χ1) is 13.7. The van der Waals surface area contributed by atoms with Crippen LogP contribution in [0, 0.1) is 0 Å². The summed E-state index contributed by atoms with van der Waals surface area (Å²) in [7, 11) is 0. The van der Waals surface area contributed by atoms with Crippen molar-refractivity contribution in [2.75, 3.05) is 25.0 Å². The van der Waals surface area contributed by atoms with Crippen LogP contribution < -0.4 is 5.32 Å². The maximum Gasteiger partial charge on any atom is 0.256 e. The Morgan fingerprint density at radius 3 is 2.68 bits per heavy atom. The van der Waals surface area contributed by atoms with Crippen LogP contribution in [0.4, 0.5) is 5.69 Å². The second-order valence-corrected chi connectivity index (χ2v) is 7.33. The molecule has 1 amide bonds. The molecule has 0 bridgehead atoms. The second kappa shape index (κ2) is 8.03. The molecule has 4 heteroatoms. The molecule has 2 aromatic carbocycles. The zero-order chi connectivity index (χ0) is 19.5. The van der Waals surface area contributed by atoms with Crippen LogP contribution in [-0.2, 0) is 11.2 Å². The third-order valence-electron chi connectivity index (χ3n) is 5.55. The molecule has 0 unspecified atom stereocenters. The van der Waals surface area contributed by atoms with Crippen molar-refractivity contribution >= 4 is 34.1 Å². The molecule has 1 aliphatic rings. The smallest absolute Gasteiger partial charge is 0.256 e. The van der Waals surface area contributed by atoms with E-state index in [1.807, 2.05) is 30.3 Å². The first-order valence-electron chi connectivity index (χ1n) is 10.1. The number of carbonyl (C=O) groups is 1. The first-order valence-corrected chi connectivity index (χ1v) is 10.1. The Bertz CT molecular complexity index is 1030. The lowest BCUT2D eigenvalue weighted by molar-refractivity contribution is -0.110. The van der Waals surface area contributed by atoms with Crippen LogP contribution in [0.5, 0.6) is 0 Å². The number of fused-ring (bicyclic) bond motifs is 2. The average molecular weight is 374 g/mol. The van der Waals surface area contributed by atoms with Gasteiger partial charge in [-0.1, -0.05) is 38.1 Å². The average Bonchev–Trinajstić information content (AvgIpc) is 3.25. The number of aryl methyl sites for hydroxylation is 1. The van der Waals surface area contributed by atoms with E-state index >= 15 is 0 Å². The Kier molecular flexibility index (Phi) is 5.31. The van der Waals surface area contributed by atoms with Crippen LogP contribution in [0.25, 0.3) is 22.6 Å². The first kappa shape index (κ1) is 18.5. The minimum absolute atomic E-state index is 0.0445. The summed E-state index contributed by atoms with van der Waals surface area (Å²) in [6.45, 7) is 7.80. The van der Waals surface area contributed by atoms with Crippen molar-refractivity contribution in [2.24, 2.45) is 0 Å². The molecule has 2 heterocycles. The molecule has 3 aromatic rings. The predicted molar refractivity (Wildman–Crippen MR) is 117 cm³/mol. The number of hydrogen-bond donors (Lipinski definition) is 2. The largest absolute Gasteiger partial charge is 0.355 e. The van der Waals surface area contributed by atoms with E-state index in [0.29, 0.717) is 5.57 Å². The fourth-order valence-corrected chi connectivity index (χ4v) is 3.92. The molecule has 4 rings (SSSR count). The van der Waals surface area contributed by atoms with Crippen molar-refractivity contribution in [1.29, 1.82) is 0 Å². The van der Waals surface area contributed by atoms with E-state index in [4.69, 9.17) is 0 Å². The molecule has 1 aliphatic heterocycles. The molecule has 0 atom stereocenters. The van der Waals surface area contributed by atoms with Gasteiger partial charge in [-0.15, -0.1) is 0 Å². The third kappa shape index (κ3) is 3.73. The van der Waals surface area contributed by atoms with Gasteiger partial charge in [-0.3, -0.25) is 4.79 Å². The quantitative estimate of drug-likeness (QED) is 0.577. The lowest BCUT2D eigenvalue weighted by Crippen LogP contribution is -2.24. The molecule has 28 heavy (non-hydrogen) atoms. The number of benzene rings is 2. The fourth-order valence-electron chi connectivity index (χ4n) is 3.92. The minimum atomic E-state index is -0.0445. The molecule has 0 spiro atoms. The van der Waals surface area contributed by atoms with Crippen molar-refractivity contribution in [3.63, 3.8) is 0 Å². The van der Waals surface area contributed by atoms with Gasteiger partial charge in [-0.2, -0.15) is 0 Å². The Labute approximate surface area is 166 Å². The van der Waals surface area contributed by atoms with Crippen LogP contribution in [0.15, 0.2) is 48.5 Å². The predicted octanol–water partition coefficient (Wildman–Crippen LogP) is 4.94. The molecule has 1 aromatic heterocycles. The summed E-state index contributed by atoms with van der Waals surface area (Å²) in [6, 6.07) is 16.6. The van der Waals surface area contributed by atoms with Gasteiger partial charge in [0.15, 0.2) is 0 Å². The summed E-state index contributed by atoms with van der Waals surface area (Å²) in [5.41, 5.74) is 5.97. The van der Waals surface area contributed by atoms with Gasteiger partial charge in [0.25, 0.3) is 5.91 Å². The maximum absolute atomic E-state index is 12.3. The summed E-state index contributed by atoms with van der Waals surface area (Å²) in [5.74, 6) is -0.0445. The summed E-state index contributed by atoms with van der Waals surface area (Å²) in [5, 5.41) is 4.12. The highest BCUT2D eigenvalue weighted by Crippen LogP contribution is 2.33. The Morgan fingerprint density at radius 2 is 1.86 bits per heavy atom. The van der Waals surface area contributed by atoms with Crippen molar-refractivity contribution in [1.82, 2.24) is 9.88 Å². The van der Waals surface area contributed by atoms with Crippen LogP contribution >= 0.6 is 0 Å². The molecular weight excluding hydrogens is 346 g/mol. The number of rotatable bonds is 7. The highest BCUT2D eigenvalue weighted by molar-refractivity contribution is 6.34. The van der Waals surface area contributed by atoms with Gasteiger partial charge in [0.05, 0.1) is 5.57 Å². The molecule has 0 saturated heterocycles. The monoisotopic (exact) mass is 373 g/mol. The third-order valence-corrected chi connectivity index (χ3v) is 5.55. The molecular formula is C24H27N3O. The Morgan fingerprint density at radius 1 is 1.04 bits per heavy atom. The van der Waals surface area contributed by atoms with Gasteiger partial charge in [0.1, 0.15) is 0 Å². The molecule has 0 fully saturated rings. The van der Waals surface area contributed by atoms with E-state index in [9.17, 15) is 4.79 Å². The number of nitrogens with zero attached hydrogens (tertiary/aromatic N) is 1. The van der Waals surface area contributed by atoms with Crippen LogP contribution in [0.2, 0.25) is 0 Å². The van der Waals surface area contributed by atoms with E-state index in [1.165, 1.54) is 17.4 Å². The summed E-state index contributed by atoms with van der Waals surface area (Å²) < 4.78 is 0. The fraction of sp³-hybridized carbons (Fsp3) is 0.292. The van der Waals surface area contributed by atoms with Gasteiger partial charge in [0, 0.05) is 27.8 Å². The highest BCUT2D eigenvalue weighted by Gasteiger charge is 2.23. The van der Waals surface area contributed by atoms with Crippen LogP contribution in [-0.4, -0.2) is 35.4 Å². The normalized spacial score (nSPS) is 14.8. The van der Waals surface area contributed by atoms with Gasteiger partial charge in [-0.05, 0) is 68.4 Å². The SMILES string of the molecule is CCN(CC)CCCc1ccc2[nH]c(/C=C3\C(=O)Nc4ccccc43)cc2c1. The lowest BCUT2D eigenvalue weighted by atomic mass is 10.1. The molecule has 0 aliphatic carbocycles. The molecule has 2 N–H and O–H groups in total. The summed E-state index contributed by atoms with van der Waals surface area (Å²) in [4.78, 5) is 18.2. The number of carbonyl (C=O) groups excluding carboxylic acids is 1. The number of para-hydroxylation sites is 1. The minimum Gasteiger partial charge on any atom is -0.355 e. The lowest BCUT2D eigenvalue weighted by Gasteiger charge is -2.17. The van der Waals surface area contributed by atoms with E-state index in [0.717, 1.165) is 48.5 Å². The number of hydrogen-bond acceptors (Lipinski definition) is 2. The zero-order valence-corrected chi connectivity index (χ0v) is 16.6. The molecule has 144 valence electrons. The number of aromatic amines is 1. The van der Waals surface area contributed by atoms with E-state index in [1.54, 1.807) is 0 Å². The van der Waals surface area contributed by atoms with E-state index in [-0.39, 0.29) is 5.91 Å². The van der Waals surface area contributed by atoms with Gasteiger partial charge in [-0.25, -0.2) is 0 Å². The Balaban J connectivity index is 1.53. The summed E-state index contributed by atoms with van der Waals surface area (Å²) >= 11 is 0. The van der Waals surface area contributed by atoms with Gasteiger partial charge in [0.2, 0.25) is 0 Å². The second-order valence-electron chi connectivity index (χ2n) is 7.33. The van der Waals surface area contributed by atoms with Gasteiger partial charge >= 0.3 is 0 Å². The highest BCUT2D eigenvalue weighted by atomic mass is 16.2. The standard InChI is InChI=1S/C24H27N3O/c1-3-27(4-2)13-7-8-17-11-12-22-18(14-17)15-19(25-22)16-21-20-9-5-6-10-23(20)26-24(21)28/h5-6,9-12,14-16,25H,3-4,7-8,13H2,1-2H3,(H,26,28)/b21-16-. The van der Waals surface area contributed by atoms with Crippen molar-refractivity contribution in [3.8, 4) is 0 Å². The number of aromatic nitrogens is 1. The van der Waals surface area contributed by atoms with Crippen LogP contribution in [0.3, 0.4) is 0 Å². The van der Waals surface area contributed by atoms with Crippen molar-refractivity contribution < 1.29 is 4.79 Å². The Hall–Kier alpha value is -2.85. The number of amides is 1.